The van der Waals surface area contributed by atoms with E-state index in [1.807, 2.05) is 0 Å². The Bertz CT molecular complexity index is 518. The van der Waals surface area contributed by atoms with Crippen LogP contribution in [-0.2, 0) is 9.53 Å². The highest BCUT2D eigenvalue weighted by Gasteiger charge is 2.21. The SMILES string of the molecule is CC(NC(=O)N1CCOCC1)C(=O)Nc1ccccc1F. The Balaban J connectivity index is 1.87. The van der Waals surface area contributed by atoms with Crippen molar-refractivity contribution in [2.75, 3.05) is 31.6 Å². The van der Waals surface area contributed by atoms with Gasteiger partial charge < -0.3 is 20.3 Å². The maximum Gasteiger partial charge on any atom is 0.318 e. The van der Waals surface area contributed by atoms with Gasteiger partial charge in [0.2, 0.25) is 5.91 Å². The summed E-state index contributed by atoms with van der Waals surface area (Å²) in [5.74, 6) is -0.987. The average Bonchev–Trinajstić information content (AvgIpc) is 2.50. The first kappa shape index (κ1) is 15.2. The molecule has 114 valence electrons. The summed E-state index contributed by atoms with van der Waals surface area (Å²) in [5.41, 5.74) is 0.0926. The van der Waals surface area contributed by atoms with Gasteiger partial charge in [-0.05, 0) is 19.1 Å². The molecular weight excluding hydrogens is 277 g/mol. The molecule has 6 nitrogen and oxygen atoms in total. The van der Waals surface area contributed by atoms with Gasteiger partial charge in [-0.3, -0.25) is 4.79 Å². The number of para-hydroxylation sites is 1. The van der Waals surface area contributed by atoms with Crippen molar-refractivity contribution < 1.29 is 18.7 Å². The molecule has 0 bridgehead atoms. The van der Waals surface area contributed by atoms with E-state index in [1.54, 1.807) is 17.9 Å². The van der Waals surface area contributed by atoms with Crippen molar-refractivity contribution in [3.63, 3.8) is 0 Å². The van der Waals surface area contributed by atoms with Gasteiger partial charge in [-0.1, -0.05) is 12.1 Å². The molecule has 2 N–H and O–H groups in total. The zero-order valence-electron chi connectivity index (χ0n) is 11.8. The molecular formula is C14H18FN3O3. The number of urea groups is 1. The summed E-state index contributed by atoms with van der Waals surface area (Å²) in [4.78, 5) is 25.5. The van der Waals surface area contributed by atoms with Crippen LogP contribution in [-0.4, -0.2) is 49.2 Å². The van der Waals surface area contributed by atoms with E-state index in [9.17, 15) is 14.0 Å². The number of hydrogen-bond acceptors (Lipinski definition) is 3. The van der Waals surface area contributed by atoms with Gasteiger partial charge in [0.15, 0.2) is 0 Å². The number of rotatable bonds is 3. The quantitative estimate of drug-likeness (QED) is 0.880. The maximum absolute atomic E-state index is 13.4. The van der Waals surface area contributed by atoms with Gasteiger partial charge >= 0.3 is 6.03 Å². The molecule has 1 heterocycles. The summed E-state index contributed by atoms with van der Waals surface area (Å²) >= 11 is 0. The third-order valence-corrected chi connectivity index (χ3v) is 3.16. The van der Waals surface area contributed by atoms with Gasteiger partial charge in [0, 0.05) is 13.1 Å². The third-order valence-electron chi connectivity index (χ3n) is 3.16. The lowest BCUT2D eigenvalue weighted by atomic mass is 10.2. The fraction of sp³-hybridized carbons (Fsp3) is 0.429. The van der Waals surface area contributed by atoms with E-state index in [0.29, 0.717) is 26.3 Å². The van der Waals surface area contributed by atoms with Crippen molar-refractivity contribution in [1.29, 1.82) is 0 Å². The van der Waals surface area contributed by atoms with Crippen molar-refractivity contribution in [2.45, 2.75) is 13.0 Å². The molecule has 0 aliphatic carbocycles. The minimum absolute atomic E-state index is 0.0926. The number of amides is 3. The standard InChI is InChI=1S/C14H18FN3O3/c1-10(16-14(20)18-6-8-21-9-7-18)13(19)17-12-5-3-2-4-11(12)15/h2-5,10H,6-9H2,1H3,(H,16,20)(H,17,19). The molecule has 2 rings (SSSR count). The van der Waals surface area contributed by atoms with E-state index in [0.717, 1.165) is 0 Å². The number of benzene rings is 1. The van der Waals surface area contributed by atoms with Crippen LogP contribution in [0, 0.1) is 5.82 Å². The molecule has 1 saturated heterocycles. The Morgan fingerprint density at radius 2 is 1.95 bits per heavy atom. The Hall–Kier alpha value is -2.15. The molecule has 3 amide bonds. The highest BCUT2D eigenvalue weighted by Crippen LogP contribution is 2.12. The van der Waals surface area contributed by atoms with E-state index in [-0.39, 0.29) is 11.7 Å². The van der Waals surface area contributed by atoms with Gasteiger partial charge in [-0.15, -0.1) is 0 Å². The fourth-order valence-electron chi connectivity index (χ4n) is 1.91. The van der Waals surface area contributed by atoms with E-state index >= 15 is 0 Å². The zero-order chi connectivity index (χ0) is 15.2. The number of nitrogens with one attached hydrogen (secondary N) is 2. The van der Waals surface area contributed by atoms with Crippen molar-refractivity contribution in [1.82, 2.24) is 10.2 Å². The number of carbonyl (C=O) groups is 2. The van der Waals surface area contributed by atoms with Gasteiger partial charge in [0.25, 0.3) is 0 Å². The van der Waals surface area contributed by atoms with E-state index in [4.69, 9.17) is 4.74 Å². The Labute approximate surface area is 122 Å². The predicted molar refractivity (Wildman–Crippen MR) is 75.4 cm³/mol. The first-order valence-corrected chi connectivity index (χ1v) is 6.76. The van der Waals surface area contributed by atoms with Crippen LogP contribution in [0.15, 0.2) is 24.3 Å². The smallest absolute Gasteiger partial charge is 0.318 e. The summed E-state index contributed by atoms with van der Waals surface area (Å²) in [6.07, 6.45) is 0. The molecule has 0 spiro atoms. The molecule has 0 radical (unpaired) electrons. The second-order valence-corrected chi connectivity index (χ2v) is 4.74. The Morgan fingerprint density at radius 1 is 1.29 bits per heavy atom. The summed E-state index contributed by atoms with van der Waals surface area (Å²) in [6, 6.07) is 4.79. The van der Waals surface area contributed by atoms with Crippen LogP contribution >= 0.6 is 0 Å². The third kappa shape index (κ3) is 4.16. The topological polar surface area (TPSA) is 70.7 Å². The van der Waals surface area contributed by atoms with Crippen LogP contribution in [0.5, 0.6) is 0 Å². The molecule has 1 fully saturated rings. The monoisotopic (exact) mass is 295 g/mol. The molecule has 1 aliphatic rings. The normalized spacial score (nSPS) is 16.2. The summed E-state index contributed by atoms with van der Waals surface area (Å²) in [5, 5.41) is 5.03. The number of anilines is 1. The molecule has 0 saturated carbocycles. The molecule has 1 aromatic carbocycles. The zero-order valence-corrected chi connectivity index (χ0v) is 11.8. The summed E-state index contributed by atoms with van der Waals surface area (Å²) in [7, 11) is 0. The van der Waals surface area contributed by atoms with Gasteiger partial charge in [-0.25, -0.2) is 9.18 Å². The van der Waals surface area contributed by atoms with Gasteiger partial charge in [0.1, 0.15) is 11.9 Å². The molecule has 1 unspecified atom stereocenters. The highest BCUT2D eigenvalue weighted by molar-refractivity contribution is 5.96. The van der Waals surface area contributed by atoms with E-state index in [2.05, 4.69) is 10.6 Å². The van der Waals surface area contributed by atoms with Crippen LogP contribution < -0.4 is 10.6 Å². The van der Waals surface area contributed by atoms with Crippen LogP contribution in [0.2, 0.25) is 0 Å². The average molecular weight is 295 g/mol. The van der Waals surface area contributed by atoms with Crippen molar-refractivity contribution in [3.8, 4) is 0 Å². The number of nitrogens with zero attached hydrogens (tertiary/aromatic N) is 1. The van der Waals surface area contributed by atoms with Crippen molar-refractivity contribution in [2.24, 2.45) is 0 Å². The number of ether oxygens (including phenoxy) is 1. The largest absolute Gasteiger partial charge is 0.378 e. The first-order valence-electron chi connectivity index (χ1n) is 6.76. The number of carbonyl (C=O) groups excluding carboxylic acids is 2. The Morgan fingerprint density at radius 3 is 2.62 bits per heavy atom. The summed E-state index contributed by atoms with van der Waals surface area (Å²) in [6.45, 7) is 3.52. The lowest BCUT2D eigenvalue weighted by molar-refractivity contribution is -0.117. The number of morpholine rings is 1. The van der Waals surface area contributed by atoms with Crippen molar-refractivity contribution in [3.05, 3.63) is 30.1 Å². The van der Waals surface area contributed by atoms with Crippen LogP contribution in [0.25, 0.3) is 0 Å². The number of hydrogen-bond donors (Lipinski definition) is 2. The molecule has 21 heavy (non-hydrogen) atoms. The van der Waals surface area contributed by atoms with Crippen LogP contribution in [0.4, 0.5) is 14.9 Å². The second kappa shape index (κ2) is 7.03. The first-order chi connectivity index (χ1) is 10.1. The van der Waals surface area contributed by atoms with E-state index < -0.39 is 17.8 Å². The Kier molecular flexibility index (Phi) is 5.10. The lowest BCUT2D eigenvalue weighted by Gasteiger charge is -2.28. The number of halogens is 1. The summed E-state index contributed by atoms with van der Waals surface area (Å²) < 4.78 is 18.6. The van der Waals surface area contributed by atoms with Crippen LogP contribution in [0.3, 0.4) is 0 Å². The molecule has 1 aromatic rings. The van der Waals surface area contributed by atoms with Gasteiger partial charge in [0.05, 0.1) is 18.9 Å². The van der Waals surface area contributed by atoms with Gasteiger partial charge in [-0.2, -0.15) is 0 Å². The van der Waals surface area contributed by atoms with Crippen LogP contribution in [0.1, 0.15) is 6.92 Å². The van der Waals surface area contributed by atoms with Crippen molar-refractivity contribution >= 4 is 17.6 Å². The van der Waals surface area contributed by atoms with E-state index in [1.165, 1.54) is 18.2 Å². The minimum Gasteiger partial charge on any atom is -0.378 e. The minimum atomic E-state index is -0.764. The fourth-order valence-corrected chi connectivity index (χ4v) is 1.91. The maximum atomic E-state index is 13.4. The second-order valence-electron chi connectivity index (χ2n) is 4.74. The molecule has 7 heteroatoms. The molecule has 0 aromatic heterocycles. The highest BCUT2D eigenvalue weighted by atomic mass is 19.1. The lowest BCUT2D eigenvalue weighted by Crippen LogP contribution is -2.51. The molecule has 1 atom stereocenters. The molecule has 1 aliphatic heterocycles. The predicted octanol–water partition coefficient (Wildman–Crippen LogP) is 1.19.